The summed E-state index contributed by atoms with van der Waals surface area (Å²) in [6.07, 6.45) is 0. The molecule has 0 radical (unpaired) electrons. The number of para-hydroxylation sites is 3. The van der Waals surface area contributed by atoms with E-state index in [1.807, 2.05) is 0 Å². The van der Waals surface area contributed by atoms with E-state index in [1.165, 1.54) is 128 Å². The van der Waals surface area contributed by atoms with Gasteiger partial charge in [-0.15, -0.1) is 0 Å². The van der Waals surface area contributed by atoms with Gasteiger partial charge in [0.05, 0.1) is 33.2 Å². The first-order chi connectivity index (χ1) is 37.7. The zero-order valence-electron chi connectivity index (χ0n) is 41.5. The minimum atomic E-state index is -0.521. The standard InChI is InChI=1S/C74H46N2/c1-2-18-47(19-3-1)48-36-41-51(42-37-48)75(70-35-17-31-65-71(70)59-24-7-12-29-63(59)73(65)60-26-9-4-20-53(60)54-21-5-10-27-61(54)73)52-43-38-49(39-44-52)50-40-45-56-55-22-6-11-28-62(55)74(67(56)46-50)64-30-13-15-34-69(64)76-68-33-14-8-23-57(68)58-25-16-32-66(74)72(58)76/h1-46H. The van der Waals surface area contributed by atoms with E-state index in [9.17, 15) is 0 Å². The number of rotatable bonds is 5. The molecule has 0 fully saturated rings. The fourth-order valence-corrected chi connectivity index (χ4v) is 14.7. The molecule has 0 saturated heterocycles. The van der Waals surface area contributed by atoms with Gasteiger partial charge in [-0.05, 0) is 143 Å². The number of fused-ring (bicyclic) bond motifs is 22. The van der Waals surface area contributed by atoms with E-state index in [0.29, 0.717) is 0 Å². The zero-order chi connectivity index (χ0) is 49.7. The third kappa shape index (κ3) is 5.25. The number of anilines is 3. The molecule has 4 aliphatic rings. The summed E-state index contributed by atoms with van der Waals surface area (Å²) in [4.78, 5) is 2.49. The van der Waals surface area contributed by atoms with E-state index < -0.39 is 10.8 Å². The highest BCUT2D eigenvalue weighted by atomic mass is 15.1. The Hall–Kier alpha value is -9.76. The van der Waals surface area contributed by atoms with Crippen LogP contribution >= 0.6 is 0 Å². The Morgan fingerprint density at radius 2 is 0.724 bits per heavy atom. The summed E-state index contributed by atoms with van der Waals surface area (Å²) in [7, 11) is 0. The molecule has 2 nitrogen and oxygen atoms in total. The van der Waals surface area contributed by atoms with Crippen molar-refractivity contribution in [2.24, 2.45) is 0 Å². The lowest BCUT2D eigenvalue weighted by Crippen LogP contribution is -2.33. The highest BCUT2D eigenvalue weighted by Gasteiger charge is 2.53. The number of aromatic nitrogens is 1. The average Bonchev–Trinajstić information content (AvgIpc) is 4.33. The first-order valence-electron chi connectivity index (χ1n) is 26.6. The van der Waals surface area contributed by atoms with Crippen LogP contribution in [0.1, 0.15) is 44.5 Å². The molecule has 3 aliphatic carbocycles. The van der Waals surface area contributed by atoms with Gasteiger partial charge in [-0.3, -0.25) is 0 Å². The van der Waals surface area contributed by atoms with Crippen molar-refractivity contribution in [1.82, 2.24) is 4.57 Å². The zero-order valence-corrected chi connectivity index (χ0v) is 41.5. The summed E-state index contributed by atoms with van der Waals surface area (Å²) in [5.41, 5.74) is 29.3. The van der Waals surface area contributed by atoms with Gasteiger partial charge in [-0.25, -0.2) is 0 Å². The molecule has 76 heavy (non-hydrogen) atoms. The van der Waals surface area contributed by atoms with E-state index in [0.717, 1.165) is 17.1 Å². The average molecular weight is 963 g/mol. The van der Waals surface area contributed by atoms with Gasteiger partial charge in [0.15, 0.2) is 0 Å². The Balaban J connectivity index is 0.856. The normalized spacial score (nSPS) is 15.3. The predicted octanol–water partition coefficient (Wildman–Crippen LogP) is 18.6. The van der Waals surface area contributed by atoms with Crippen molar-refractivity contribution in [3.8, 4) is 61.3 Å². The Bertz CT molecular complexity index is 4530. The highest BCUT2D eigenvalue weighted by Crippen LogP contribution is 2.65. The molecule has 1 aromatic heterocycles. The van der Waals surface area contributed by atoms with Crippen LogP contribution in [0.3, 0.4) is 0 Å². The molecule has 12 aromatic carbocycles. The van der Waals surface area contributed by atoms with Crippen LogP contribution in [0, 0.1) is 0 Å². The quantitative estimate of drug-likeness (QED) is 0.167. The second kappa shape index (κ2) is 15.4. The molecule has 17 rings (SSSR count). The molecule has 0 saturated carbocycles. The molecular weight excluding hydrogens is 917 g/mol. The van der Waals surface area contributed by atoms with Gasteiger partial charge < -0.3 is 9.47 Å². The van der Waals surface area contributed by atoms with E-state index in [1.54, 1.807) is 0 Å². The summed E-state index contributed by atoms with van der Waals surface area (Å²) in [6.45, 7) is 0. The molecule has 0 bridgehead atoms. The largest absolute Gasteiger partial charge is 0.310 e. The van der Waals surface area contributed by atoms with Crippen molar-refractivity contribution < 1.29 is 0 Å². The first kappa shape index (κ1) is 41.7. The van der Waals surface area contributed by atoms with Crippen LogP contribution in [0.4, 0.5) is 17.1 Å². The van der Waals surface area contributed by atoms with E-state index in [2.05, 4.69) is 289 Å². The molecular formula is C74H46N2. The van der Waals surface area contributed by atoms with Crippen LogP contribution in [0.2, 0.25) is 0 Å². The Kier molecular flexibility index (Phi) is 8.44. The molecule has 1 aliphatic heterocycles. The highest BCUT2D eigenvalue weighted by molar-refractivity contribution is 6.13. The van der Waals surface area contributed by atoms with Gasteiger partial charge in [0.1, 0.15) is 0 Å². The van der Waals surface area contributed by atoms with E-state index in [-0.39, 0.29) is 0 Å². The SMILES string of the molecule is c1ccc(-c2ccc(N(c3ccc(-c4ccc5c(c4)C4(c6ccccc6-5)c5ccccc5-n5c6ccccc6c6cccc4c65)cc3)c3cccc4c3-c3ccccc3C43c4ccccc4-c4ccccc43)cc2)cc1. The summed E-state index contributed by atoms with van der Waals surface area (Å²) in [6, 6.07) is 105. The second-order valence-electron chi connectivity index (χ2n) is 21.0. The lowest BCUT2D eigenvalue weighted by molar-refractivity contribution is 0.749. The molecule has 1 unspecified atom stereocenters. The van der Waals surface area contributed by atoms with Gasteiger partial charge in [-0.2, -0.15) is 0 Å². The molecule has 13 aromatic rings. The fourth-order valence-electron chi connectivity index (χ4n) is 14.7. The molecule has 1 atom stereocenters. The van der Waals surface area contributed by atoms with Crippen LogP contribution in [-0.2, 0) is 10.8 Å². The summed E-state index contributed by atoms with van der Waals surface area (Å²) >= 11 is 0. The van der Waals surface area contributed by atoms with Crippen LogP contribution in [0.5, 0.6) is 0 Å². The molecule has 2 heterocycles. The van der Waals surface area contributed by atoms with Gasteiger partial charge >= 0.3 is 0 Å². The fraction of sp³-hybridized carbons (Fsp3) is 0.0270. The van der Waals surface area contributed by atoms with Crippen molar-refractivity contribution >= 4 is 38.9 Å². The molecule has 352 valence electrons. The number of hydrogen-bond acceptors (Lipinski definition) is 1. The third-order valence-electron chi connectivity index (χ3n) is 17.6. The Morgan fingerprint density at radius 3 is 1.39 bits per heavy atom. The first-order valence-corrected chi connectivity index (χ1v) is 26.6. The van der Waals surface area contributed by atoms with Gasteiger partial charge in [0, 0.05) is 27.7 Å². The monoisotopic (exact) mass is 962 g/mol. The van der Waals surface area contributed by atoms with Crippen LogP contribution in [0.15, 0.2) is 279 Å². The van der Waals surface area contributed by atoms with Crippen LogP contribution in [0.25, 0.3) is 83.1 Å². The Labute approximate surface area is 441 Å². The predicted molar refractivity (Wildman–Crippen MR) is 313 cm³/mol. The van der Waals surface area contributed by atoms with Crippen molar-refractivity contribution in [1.29, 1.82) is 0 Å². The van der Waals surface area contributed by atoms with Gasteiger partial charge in [-0.1, -0.05) is 231 Å². The van der Waals surface area contributed by atoms with Gasteiger partial charge in [0.2, 0.25) is 0 Å². The summed E-state index contributed by atoms with van der Waals surface area (Å²) in [5, 5.41) is 2.57. The smallest absolute Gasteiger partial charge is 0.0754 e. The molecule has 0 amide bonds. The van der Waals surface area contributed by atoms with Crippen molar-refractivity contribution in [2.45, 2.75) is 10.8 Å². The van der Waals surface area contributed by atoms with Crippen LogP contribution < -0.4 is 4.90 Å². The Morgan fingerprint density at radius 1 is 0.276 bits per heavy atom. The van der Waals surface area contributed by atoms with Crippen molar-refractivity contribution in [3.05, 3.63) is 324 Å². The van der Waals surface area contributed by atoms with Crippen molar-refractivity contribution in [3.63, 3.8) is 0 Å². The van der Waals surface area contributed by atoms with E-state index in [4.69, 9.17) is 0 Å². The maximum atomic E-state index is 2.52. The lowest BCUT2D eigenvalue weighted by atomic mass is 9.65. The maximum absolute atomic E-state index is 2.52. The van der Waals surface area contributed by atoms with Crippen molar-refractivity contribution in [2.75, 3.05) is 4.90 Å². The minimum Gasteiger partial charge on any atom is -0.310 e. The topological polar surface area (TPSA) is 8.17 Å². The second-order valence-corrected chi connectivity index (χ2v) is 21.0. The van der Waals surface area contributed by atoms with Crippen LogP contribution in [-0.4, -0.2) is 4.57 Å². The third-order valence-corrected chi connectivity index (χ3v) is 17.6. The summed E-state index contributed by atoms with van der Waals surface area (Å²) < 4.78 is 2.52. The number of nitrogens with zero attached hydrogens (tertiary/aromatic N) is 2. The summed E-state index contributed by atoms with van der Waals surface area (Å²) in [5.74, 6) is 0. The molecule has 0 N–H and O–H groups in total. The molecule has 2 spiro atoms. The minimum absolute atomic E-state index is 0.451. The van der Waals surface area contributed by atoms with E-state index >= 15 is 0 Å². The number of hydrogen-bond donors (Lipinski definition) is 0. The lowest BCUT2D eigenvalue weighted by Gasteiger charge is -2.39. The van der Waals surface area contributed by atoms with Gasteiger partial charge in [0.25, 0.3) is 0 Å². The maximum Gasteiger partial charge on any atom is 0.0754 e. The number of benzene rings is 12. The molecule has 2 heteroatoms.